The molecule has 98 valence electrons. The van der Waals surface area contributed by atoms with E-state index in [0.717, 1.165) is 30.4 Å². The molecule has 0 unspecified atom stereocenters. The number of ether oxygens (including phenoxy) is 1. The molecule has 0 aliphatic rings. The van der Waals surface area contributed by atoms with E-state index in [2.05, 4.69) is 6.92 Å². The van der Waals surface area contributed by atoms with Crippen LogP contribution in [0.2, 0.25) is 0 Å². The van der Waals surface area contributed by atoms with Gasteiger partial charge in [-0.05, 0) is 37.1 Å². The number of ketones is 1. The third kappa shape index (κ3) is 3.99. The lowest BCUT2D eigenvalue weighted by Crippen LogP contribution is -2.03. The zero-order valence-electron chi connectivity index (χ0n) is 11.1. The summed E-state index contributed by atoms with van der Waals surface area (Å²) in [6, 6.07) is 5.52. The Bertz CT molecular complexity index is 410. The van der Waals surface area contributed by atoms with E-state index in [4.69, 9.17) is 4.74 Å². The van der Waals surface area contributed by atoms with E-state index >= 15 is 0 Å². The van der Waals surface area contributed by atoms with Crippen molar-refractivity contribution in [2.24, 2.45) is 0 Å². The Morgan fingerprint density at radius 3 is 2.72 bits per heavy atom. The van der Waals surface area contributed by atoms with Gasteiger partial charge in [-0.3, -0.25) is 4.79 Å². The molecule has 0 saturated heterocycles. The third-order valence-electron chi connectivity index (χ3n) is 2.69. The Hall–Kier alpha value is -1.64. The summed E-state index contributed by atoms with van der Waals surface area (Å²) < 4.78 is 5.54. The number of hydrogen-bond donors (Lipinski definition) is 0. The maximum atomic E-state index is 11.8. The van der Waals surface area contributed by atoms with Gasteiger partial charge in [0.05, 0.1) is 6.61 Å². The number of aryl methyl sites for hydroxylation is 1. The molecule has 0 aliphatic carbocycles. The molecule has 0 aromatic heterocycles. The standard InChI is InChI=1S/C15H20O3/c1-3-6-13-11-12(14(17)7-5-10-16)8-9-15(13)18-4-2/h8-11H,3-7H2,1-2H3. The molecule has 0 fully saturated rings. The molecule has 0 spiro atoms. The monoisotopic (exact) mass is 248 g/mol. The van der Waals surface area contributed by atoms with Crippen LogP contribution in [-0.2, 0) is 11.2 Å². The highest BCUT2D eigenvalue weighted by molar-refractivity contribution is 5.97. The van der Waals surface area contributed by atoms with E-state index in [-0.39, 0.29) is 18.6 Å². The van der Waals surface area contributed by atoms with Crippen LogP contribution in [0.4, 0.5) is 0 Å². The van der Waals surface area contributed by atoms with E-state index in [1.807, 2.05) is 19.1 Å². The van der Waals surface area contributed by atoms with Gasteiger partial charge in [0.2, 0.25) is 0 Å². The van der Waals surface area contributed by atoms with Crippen LogP contribution in [0.5, 0.6) is 5.75 Å². The molecule has 0 saturated carbocycles. The number of aldehydes is 1. The third-order valence-corrected chi connectivity index (χ3v) is 2.69. The van der Waals surface area contributed by atoms with Crippen molar-refractivity contribution in [3.8, 4) is 5.75 Å². The SMILES string of the molecule is CCCc1cc(C(=O)CCC=O)ccc1OCC. The van der Waals surface area contributed by atoms with Gasteiger partial charge in [-0.2, -0.15) is 0 Å². The second kappa shape index (κ2) is 7.64. The maximum Gasteiger partial charge on any atom is 0.163 e. The first kappa shape index (κ1) is 14.4. The zero-order valence-corrected chi connectivity index (χ0v) is 11.1. The molecular weight excluding hydrogens is 228 g/mol. The Balaban J connectivity index is 2.90. The number of Topliss-reactive ketones (excluding diaryl/α,β-unsaturated/α-hetero) is 1. The molecule has 1 aromatic rings. The van der Waals surface area contributed by atoms with E-state index in [9.17, 15) is 9.59 Å². The van der Waals surface area contributed by atoms with Gasteiger partial charge in [0.1, 0.15) is 12.0 Å². The summed E-state index contributed by atoms with van der Waals surface area (Å²) >= 11 is 0. The van der Waals surface area contributed by atoms with Crippen LogP contribution in [-0.4, -0.2) is 18.7 Å². The van der Waals surface area contributed by atoms with Gasteiger partial charge in [0.25, 0.3) is 0 Å². The highest BCUT2D eigenvalue weighted by Gasteiger charge is 2.09. The van der Waals surface area contributed by atoms with Gasteiger partial charge < -0.3 is 9.53 Å². The van der Waals surface area contributed by atoms with Crippen LogP contribution in [0.1, 0.15) is 49.0 Å². The topological polar surface area (TPSA) is 43.4 Å². The zero-order chi connectivity index (χ0) is 13.4. The van der Waals surface area contributed by atoms with Crippen LogP contribution in [0.3, 0.4) is 0 Å². The fourth-order valence-corrected chi connectivity index (χ4v) is 1.85. The molecule has 0 aliphatic heterocycles. The summed E-state index contributed by atoms with van der Waals surface area (Å²) in [5.74, 6) is 0.869. The second-order valence-electron chi connectivity index (χ2n) is 4.13. The highest BCUT2D eigenvalue weighted by Crippen LogP contribution is 2.22. The molecule has 3 heteroatoms. The highest BCUT2D eigenvalue weighted by atomic mass is 16.5. The van der Waals surface area contributed by atoms with Crippen molar-refractivity contribution in [2.45, 2.75) is 39.5 Å². The molecule has 0 amide bonds. The van der Waals surface area contributed by atoms with Crippen molar-refractivity contribution in [1.82, 2.24) is 0 Å². The normalized spacial score (nSPS) is 10.1. The fourth-order valence-electron chi connectivity index (χ4n) is 1.85. The smallest absolute Gasteiger partial charge is 0.163 e. The molecular formula is C15H20O3. The number of carbonyl (C=O) groups is 2. The minimum atomic E-state index is 0.0162. The fraction of sp³-hybridized carbons (Fsp3) is 0.467. The first-order chi connectivity index (χ1) is 8.72. The molecule has 0 atom stereocenters. The Kier molecular flexibility index (Phi) is 6.12. The Morgan fingerprint density at radius 1 is 1.33 bits per heavy atom. The van der Waals surface area contributed by atoms with Gasteiger partial charge in [-0.1, -0.05) is 13.3 Å². The molecule has 0 N–H and O–H groups in total. The van der Waals surface area contributed by atoms with Crippen molar-refractivity contribution in [3.63, 3.8) is 0 Å². The molecule has 3 nitrogen and oxygen atoms in total. The first-order valence-electron chi connectivity index (χ1n) is 6.45. The van der Waals surface area contributed by atoms with Crippen LogP contribution in [0.25, 0.3) is 0 Å². The van der Waals surface area contributed by atoms with Gasteiger partial charge >= 0.3 is 0 Å². The number of hydrogen-bond acceptors (Lipinski definition) is 3. The molecule has 1 aromatic carbocycles. The predicted octanol–water partition coefficient (Wildman–Crippen LogP) is 3.20. The van der Waals surface area contributed by atoms with Crippen LogP contribution >= 0.6 is 0 Å². The quantitative estimate of drug-likeness (QED) is 0.524. The van der Waals surface area contributed by atoms with E-state index < -0.39 is 0 Å². The van der Waals surface area contributed by atoms with Crippen molar-refractivity contribution in [3.05, 3.63) is 29.3 Å². The van der Waals surface area contributed by atoms with Gasteiger partial charge in [0.15, 0.2) is 5.78 Å². The van der Waals surface area contributed by atoms with Crippen molar-refractivity contribution >= 4 is 12.1 Å². The van der Waals surface area contributed by atoms with Gasteiger partial charge in [-0.25, -0.2) is 0 Å². The molecule has 0 heterocycles. The number of carbonyl (C=O) groups excluding carboxylic acids is 2. The summed E-state index contributed by atoms with van der Waals surface area (Å²) in [4.78, 5) is 22.1. The second-order valence-corrected chi connectivity index (χ2v) is 4.13. The minimum Gasteiger partial charge on any atom is -0.494 e. The van der Waals surface area contributed by atoms with E-state index in [0.29, 0.717) is 12.2 Å². The summed E-state index contributed by atoms with van der Waals surface area (Å²) in [5, 5.41) is 0. The Labute approximate surface area is 108 Å². The largest absolute Gasteiger partial charge is 0.494 e. The molecule has 18 heavy (non-hydrogen) atoms. The van der Waals surface area contributed by atoms with E-state index in [1.54, 1.807) is 6.07 Å². The summed E-state index contributed by atoms with van der Waals surface area (Å²) in [5.41, 5.74) is 1.74. The lowest BCUT2D eigenvalue weighted by atomic mass is 10.0. The van der Waals surface area contributed by atoms with Crippen molar-refractivity contribution < 1.29 is 14.3 Å². The Morgan fingerprint density at radius 2 is 2.11 bits per heavy atom. The van der Waals surface area contributed by atoms with Gasteiger partial charge in [0, 0.05) is 18.4 Å². The number of rotatable bonds is 8. The maximum absolute atomic E-state index is 11.8. The minimum absolute atomic E-state index is 0.0162. The van der Waals surface area contributed by atoms with Crippen LogP contribution in [0.15, 0.2) is 18.2 Å². The molecule has 0 bridgehead atoms. The van der Waals surface area contributed by atoms with Crippen LogP contribution < -0.4 is 4.74 Å². The lowest BCUT2D eigenvalue weighted by molar-refractivity contribution is -0.107. The van der Waals surface area contributed by atoms with Gasteiger partial charge in [-0.15, -0.1) is 0 Å². The van der Waals surface area contributed by atoms with E-state index in [1.165, 1.54) is 0 Å². The average Bonchev–Trinajstić information content (AvgIpc) is 2.38. The molecule has 1 rings (SSSR count). The van der Waals surface area contributed by atoms with Crippen molar-refractivity contribution in [2.75, 3.05) is 6.61 Å². The predicted molar refractivity (Wildman–Crippen MR) is 71.2 cm³/mol. The summed E-state index contributed by atoms with van der Waals surface area (Å²) in [7, 11) is 0. The average molecular weight is 248 g/mol. The number of benzene rings is 1. The van der Waals surface area contributed by atoms with Crippen molar-refractivity contribution in [1.29, 1.82) is 0 Å². The summed E-state index contributed by atoms with van der Waals surface area (Å²) in [6.07, 6.45) is 3.24. The lowest BCUT2D eigenvalue weighted by Gasteiger charge is -2.11. The first-order valence-corrected chi connectivity index (χ1v) is 6.45. The summed E-state index contributed by atoms with van der Waals surface area (Å²) in [6.45, 7) is 4.66. The van der Waals surface area contributed by atoms with Crippen LogP contribution in [0, 0.1) is 0 Å². The molecule has 0 radical (unpaired) electrons.